The van der Waals surface area contributed by atoms with Gasteiger partial charge in [0.25, 0.3) is 5.91 Å². The summed E-state index contributed by atoms with van der Waals surface area (Å²) in [5, 5.41) is 2.69. The Morgan fingerprint density at radius 1 is 0.862 bits per heavy atom. The molecule has 154 valence electrons. The molecule has 2 aromatic carbocycles. The Labute approximate surface area is 169 Å². The zero-order valence-electron chi connectivity index (χ0n) is 16.3. The lowest BCUT2D eigenvalue weighted by atomic mass is 10.2. The molecule has 0 atom stereocenters. The van der Waals surface area contributed by atoms with Gasteiger partial charge in [-0.1, -0.05) is 24.3 Å². The van der Waals surface area contributed by atoms with E-state index in [1.165, 1.54) is 0 Å². The lowest BCUT2D eigenvalue weighted by Crippen LogP contribution is -2.41. The lowest BCUT2D eigenvalue weighted by Gasteiger charge is -2.10. The Morgan fingerprint density at radius 2 is 1.62 bits per heavy atom. The van der Waals surface area contributed by atoms with Gasteiger partial charge in [0.05, 0.1) is 6.61 Å². The van der Waals surface area contributed by atoms with E-state index in [0.29, 0.717) is 36.8 Å². The first-order chi connectivity index (χ1) is 14.1. The highest BCUT2D eigenvalue weighted by atomic mass is 16.5. The molecule has 0 saturated carbocycles. The van der Waals surface area contributed by atoms with Gasteiger partial charge >= 0.3 is 0 Å². The molecule has 0 aliphatic heterocycles. The van der Waals surface area contributed by atoms with Crippen LogP contribution in [-0.2, 0) is 14.3 Å². The van der Waals surface area contributed by atoms with Crippen molar-refractivity contribution >= 4 is 23.4 Å². The number of hydrogen-bond donors (Lipinski definition) is 3. The van der Waals surface area contributed by atoms with Gasteiger partial charge in [0.2, 0.25) is 11.8 Å². The first kappa shape index (κ1) is 21.9. The van der Waals surface area contributed by atoms with Gasteiger partial charge in [-0.3, -0.25) is 25.2 Å². The zero-order chi connectivity index (χ0) is 20.9. The second kappa shape index (κ2) is 12.1. The smallest absolute Gasteiger partial charge is 0.269 e. The number of carbonyl (C=O) groups is 3. The third-order valence-electron chi connectivity index (χ3n) is 3.75. The second-order valence-corrected chi connectivity index (χ2v) is 5.99. The van der Waals surface area contributed by atoms with Crippen molar-refractivity contribution in [2.45, 2.75) is 19.8 Å². The monoisotopic (exact) mass is 399 g/mol. The summed E-state index contributed by atoms with van der Waals surface area (Å²) in [5.74, 6) is -0.705. The van der Waals surface area contributed by atoms with Crippen molar-refractivity contribution in [1.82, 2.24) is 10.9 Å². The first-order valence-corrected chi connectivity index (χ1v) is 9.33. The average Bonchev–Trinajstić information content (AvgIpc) is 2.74. The van der Waals surface area contributed by atoms with E-state index < -0.39 is 11.8 Å². The van der Waals surface area contributed by atoms with Crippen molar-refractivity contribution in [3.8, 4) is 5.75 Å². The SMILES string of the molecule is CCOCCOc1cccc(C(=O)NNC(=O)CCC(=O)Nc2ccccc2)c1. The predicted molar refractivity (Wildman–Crippen MR) is 108 cm³/mol. The molecule has 29 heavy (non-hydrogen) atoms. The Kier molecular flexibility index (Phi) is 9.17. The van der Waals surface area contributed by atoms with Crippen LogP contribution >= 0.6 is 0 Å². The molecule has 3 N–H and O–H groups in total. The molecule has 3 amide bonds. The largest absolute Gasteiger partial charge is 0.491 e. The number of rotatable bonds is 10. The molecule has 0 aliphatic rings. The second-order valence-electron chi connectivity index (χ2n) is 5.99. The van der Waals surface area contributed by atoms with Crippen molar-refractivity contribution in [3.63, 3.8) is 0 Å². The summed E-state index contributed by atoms with van der Waals surface area (Å²) in [4.78, 5) is 35.9. The van der Waals surface area contributed by atoms with E-state index >= 15 is 0 Å². The number of hydrogen-bond acceptors (Lipinski definition) is 5. The van der Waals surface area contributed by atoms with Gasteiger partial charge in [-0.15, -0.1) is 0 Å². The lowest BCUT2D eigenvalue weighted by molar-refractivity contribution is -0.124. The fraction of sp³-hybridized carbons (Fsp3) is 0.286. The van der Waals surface area contributed by atoms with Crippen LogP contribution in [-0.4, -0.2) is 37.5 Å². The normalized spacial score (nSPS) is 10.1. The predicted octanol–water partition coefficient (Wildman–Crippen LogP) is 2.28. The zero-order valence-corrected chi connectivity index (χ0v) is 16.3. The van der Waals surface area contributed by atoms with Gasteiger partial charge in [-0.25, -0.2) is 0 Å². The number of para-hydroxylation sites is 1. The van der Waals surface area contributed by atoms with Crippen molar-refractivity contribution < 1.29 is 23.9 Å². The first-order valence-electron chi connectivity index (χ1n) is 9.33. The van der Waals surface area contributed by atoms with E-state index in [0.717, 1.165) is 0 Å². The van der Waals surface area contributed by atoms with Gasteiger partial charge in [-0.05, 0) is 37.3 Å². The molecule has 8 nitrogen and oxygen atoms in total. The Bertz CT molecular complexity index is 811. The molecule has 2 aromatic rings. The minimum absolute atomic E-state index is 0.000244. The Hall–Kier alpha value is -3.39. The van der Waals surface area contributed by atoms with Gasteiger partial charge in [0, 0.05) is 30.7 Å². The number of hydrazine groups is 1. The van der Waals surface area contributed by atoms with Crippen LogP contribution < -0.4 is 20.9 Å². The fourth-order valence-corrected chi connectivity index (χ4v) is 2.32. The Morgan fingerprint density at radius 3 is 2.38 bits per heavy atom. The highest BCUT2D eigenvalue weighted by molar-refractivity contribution is 5.96. The molecule has 0 unspecified atom stereocenters. The van der Waals surface area contributed by atoms with Crippen molar-refractivity contribution in [3.05, 3.63) is 60.2 Å². The summed E-state index contributed by atoms with van der Waals surface area (Å²) in [7, 11) is 0. The number of carbonyl (C=O) groups excluding carboxylic acids is 3. The van der Waals surface area contributed by atoms with E-state index in [9.17, 15) is 14.4 Å². The molecule has 8 heteroatoms. The topological polar surface area (TPSA) is 106 Å². The van der Waals surface area contributed by atoms with Gasteiger partial charge in [0.15, 0.2) is 0 Å². The van der Waals surface area contributed by atoms with Crippen LogP contribution in [0.25, 0.3) is 0 Å². The number of benzene rings is 2. The molecular weight excluding hydrogens is 374 g/mol. The van der Waals surface area contributed by atoms with Crippen molar-refractivity contribution in [2.24, 2.45) is 0 Å². The molecule has 0 saturated heterocycles. The maximum atomic E-state index is 12.2. The minimum Gasteiger partial charge on any atom is -0.491 e. The van der Waals surface area contributed by atoms with Crippen molar-refractivity contribution in [2.75, 3.05) is 25.1 Å². The molecule has 0 spiro atoms. The summed E-state index contributed by atoms with van der Waals surface area (Å²) in [6, 6.07) is 15.5. The maximum absolute atomic E-state index is 12.2. The van der Waals surface area contributed by atoms with Crippen LogP contribution in [0.2, 0.25) is 0 Å². The number of ether oxygens (including phenoxy) is 2. The van der Waals surface area contributed by atoms with E-state index in [2.05, 4.69) is 16.2 Å². The van der Waals surface area contributed by atoms with Gasteiger partial charge in [0.1, 0.15) is 12.4 Å². The molecule has 0 radical (unpaired) electrons. The third kappa shape index (κ3) is 8.44. The summed E-state index contributed by atoms with van der Waals surface area (Å²) < 4.78 is 10.7. The minimum atomic E-state index is -0.484. The molecule has 0 fully saturated rings. The fourth-order valence-electron chi connectivity index (χ4n) is 2.32. The van der Waals surface area contributed by atoms with E-state index in [-0.39, 0.29) is 18.7 Å². The molecule has 0 aromatic heterocycles. The number of nitrogens with one attached hydrogen (secondary N) is 3. The van der Waals surface area contributed by atoms with E-state index in [1.54, 1.807) is 48.5 Å². The molecule has 0 aliphatic carbocycles. The highest BCUT2D eigenvalue weighted by Gasteiger charge is 2.10. The molecule has 2 rings (SSSR count). The van der Waals surface area contributed by atoms with Gasteiger partial charge in [-0.2, -0.15) is 0 Å². The van der Waals surface area contributed by atoms with Gasteiger partial charge < -0.3 is 14.8 Å². The van der Waals surface area contributed by atoms with Crippen LogP contribution in [0.15, 0.2) is 54.6 Å². The standard InChI is InChI=1S/C21H25N3O5/c1-2-28-13-14-29-18-10-6-7-16(15-18)21(27)24-23-20(26)12-11-19(25)22-17-8-4-3-5-9-17/h3-10,15H,2,11-14H2,1H3,(H,22,25)(H,23,26)(H,24,27). The van der Waals surface area contributed by atoms with Crippen LogP contribution in [0.1, 0.15) is 30.1 Å². The molecular formula is C21H25N3O5. The third-order valence-corrected chi connectivity index (χ3v) is 3.75. The average molecular weight is 399 g/mol. The number of amides is 3. The summed E-state index contributed by atoms with van der Waals surface area (Å²) >= 11 is 0. The Balaban J connectivity index is 1.71. The summed E-state index contributed by atoms with van der Waals surface area (Å²) in [6.07, 6.45) is -0.0563. The van der Waals surface area contributed by atoms with Crippen LogP contribution in [0.3, 0.4) is 0 Å². The summed E-state index contributed by atoms with van der Waals surface area (Å²) in [6.45, 7) is 3.34. The molecule has 0 heterocycles. The van der Waals surface area contributed by atoms with E-state index in [4.69, 9.17) is 9.47 Å². The van der Waals surface area contributed by atoms with Crippen LogP contribution in [0.4, 0.5) is 5.69 Å². The van der Waals surface area contributed by atoms with Crippen LogP contribution in [0.5, 0.6) is 5.75 Å². The highest BCUT2D eigenvalue weighted by Crippen LogP contribution is 2.13. The van der Waals surface area contributed by atoms with Crippen LogP contribution in [0, 0.1) is 0 Å². The maximum Gasteiger partial charge on any atom is 0.269 e. The number of anilines is 1. The quantitative estimate of drug-likeness (QED) is 0.420. The van der Waals surface area contributed by atoms with E-state index in [1.807, 2.05) is 13.0 Å². The molecule has 0 bridgehead atoms. The van der Waals surface area contributed by atoms with Crippen molar-refractivity contribution in [1.29, 1.82) is 0 Å². The summed E-state index contributed by atoms with van der Waals surface area (Å²) in [5.41, 5.74) is 5.62.